The molecule has 0 bridgehead atoms. The van der Waals surface area contributed by atoms with Gasteiger partial charge in [-0.2, -0.15) is 0 Å². The van der Waals surface area contributed by atoms with Crippen LogP contribution in [0.2, 0.25) is 0 Å². The van der Waals surface area contributed by atoms with Crippen molar-refractivity contribution in [3.8, 4) is 0 Å². The van der Waals surface area contributed by atoms with E-state index in [9.17, 15) is 9.90 Å². The normalized spacial score (nSPS) is 13.6. The lowest BCUT2D eigenvalue weighted by Crippen LogP contribution is -2.27. The summed E-state index contributed by atoms with van der Waals surface area (Å²) in [6.07, 6.45) is 7.18. The van der Waals surface area contributed by atoms with Crippen molar-refractivity contribution in [1.82, 2.24) is 0 Å². The summed E-state index contributed by atoms with van der Waals surface area (Å²) in [5.41, 5.74) is 0.966. The fourth-order valence-corrected chi connectivity index (χ4v) is 2.40. The van der Waals surface area contributed by atoms with Gasteiger partial charge in [0.2, 0.25) is 0 Å². The third kappa shape index (κ3) is 7.60. The molecule has 0 saturated heterocycles. The van der Waals surface area contributed by atoms with Gasteiger partial charge in [0.15, 0.2) is 0 Å². The number of esters is 1. The molecule has 1 N–H and O–H groups in total. The second-order valence-corrected chi connectivity index (χ2v) is 6.01. The van der Waals surface area contributed by atoms with Gasteiger partial charge in [-0.05, 0) is 18.9 Å². The molecule has 1 aromatic rings. The van der Waals surface area contributed by atoms with E-state index in [-0.39, 0.29) is 12.6 Å². The number of carbonyl (C=O) groups is 1. The van der Waals surface area contributed by atoms with E-state index in [2.05, 4.69) is 6.92 Å². The zero-order valence-electron chi connectivity index (χ0n) is 14.0. The molecular weight excluding hydrogens is 276 g/mol. The van der Waals surface area contributed by atoms with Gasteiger partial charge in [0.1, 0.15) is 6.61 Å². The van der Waals surface area contributed by atoms with Crippen molar-refractivity contribution in [2.75, 3.05) is 0 Å². The molecule has 0 amide bonds. The number of hydrogen-bond acceptors (Lipinski definition) is 3. The Labute approximate surface area is 134 Å². The second-order valence-electron chi connectivity index (χ2n) is 6.01. The topological polar surface area (TPSA) is 46.5 Å². The van der Waals surface area contributed by atoms with Crippen molar-refractivity contribution < 1.29 is 14.6 Å². The average molecular weight is 306 g/mol. The highest BCUT2D eigenvalue weighted by Crippen LogP contribution is 2.15. The van der Waals surface area contributed by atoms with E-state index >= 15 is 0 Å². The van der Waals surface area contributed by atoms with E-state index in [1.165, 1.54) is 25.7 Å². The van der Waals surface area contributed by atoms with Crippen molar-refractivity contribution in [1.29, 1.82) is 0 Å². The molecule has 0 spiro atoms. The summed E-state index contributed by atoms with van der Waals surface area (Å²) in [7, 11) is 0. The van der Waals surface area contributed by atoms with Crippen LogP contribution in [0.15, 0.2) is 30.3 Å². The summed E-state index contributed by atoms with van der Waals surface area (Å²) >= 11 is 0. The van der Waals surface area contributed by atoms with Crippen LogP contribution < -0.4 is 0 Å². The van der Waals surface area contributed by atoms with E-state index in [1.54, 1.807) is 6.92 Å². The van der Waals surface area contributed by atoms with Crippen molar-refractivity contribution in [3.63, 3.8) is 0 Å². The maximum absolute atomic E-state index is 11.9. The second kappa shape index (κ2) is 11.2. The number of rotatable bonds is 11. The van der Waals surface area contributed by atoms with Crippen LogP contribution in [0.25, 0.3) is 0 Å². The van der Waals surface area contributed by atoms with Crippen LogP contribution in [0.3, 0.4) is 0 Å². The zero-order chi connectivity index (χ0) is 16.2. The highest BCUT2D eigenvalue weighted by Gasteiger charge is 2.23. The van der Waals surface area contributed by atoms with Crippen LogP contribution in [0, 0.1) is 5.92 Å². The Balaban J connectivity index is 2.18. The Kier molecular flexibility index (Phi) is 9.56. The van der Waals surface area contributed by atoms with Gasteiger partial charge in [0, 0.05) is 0 Å². The maximum Gasteiger partial charge on any atom is 0.311 e. The van der Waals surface area contributed by atoms with Gasteiger partial charge >= 0.3 is 5.97 Å². The molecule has 1 aromatic carbocycles. The molecule has 0 aliphatic carbocycles. The highest BCUT2D eigenvalue weighted by molar-refractivity contribution is 5.72. The van der Waals surface area contributed by atoms with Gasteiger partial charge in [-0.3, -0.25) is 4.79 Å². The summed E-state index contributed by atoms with van der Waals surface area (Å²) < 4.78 is 5.27. The number of benzene rings is 1. The van der Waals surface area contributed by atoms with Gasteiger partial charge in [-0.25, -0.2) is 0 Å². The van der Waals surface area contributed by atoms with E-state index < -0.39 is 12.0 Å². The highest BCUT2D eigenvalue weighted by atomic mass is 16.5. The molecular formula is C19H30O3. The van der Waals surface area contributed by atoms with E-state index in [0.717, 1.165) is 18.4 Å². The summed E-state index contributed by atoms with van der Waals surface area (Å²) in [6, 6.07) is 9.60. The van der Waals surface area contributed by atoms with Crippen LogP contribution in [0.5, 0.6) is 0 Å². The van der Waals surface area contributed by atoms with Crippen LogP contribution in [0.4, 0.5) is 0 Å². The number of unbranched alkanes of at least 4 members (excludes halogenated alkanes) is 5. The zero-order valence-corrected chi connectivity index (χ0v) is 14.0. The Morgan fingerprint density at radius 1 is 1.09 bits per heavy atom. The number of ether oxygens (including phenoxy) is 1. The van der Waals surface area contributed by atoms with Crippen molar-refractivity contribution in [3.05, 3.63) is 35.9 Å². The van der Waals surface area contributed by atoms with Gasteiger partial charge in [0.25, 0.3) is 0 Å². The molecule has 0 aliphatic rings. The summed E-state index contributed by atoms with van der Waals surface area (Å²) in [5, 5.41) is 10.1. The average Bonchev–Trinajstić information content (AvgIpc) is 2.55. The van der Waals surface area contributed by atoms with E-state index in [4.69, 9.17) is 4.74 Å². The summed E-state index contributed by atoms with van der Waals surface area (Å²) in [5.74, 6) is -0.776. The third-order valence-corrected chi connectivity index (χ3v) is 4.03. The first-order valence-corrected chi connectivity index (χ1v) is 8.53. The molecule has 0 saturated carbocycles. The SMILES string of the molecule is CCCCCCCC[C@H](O)[C@@H](C)C(=O)OCc1ccccc1. The molecule has 0 radical (unpaired) electrons. The lowest BCUT2D eigenvalue weighted by molar-refractivity contribution is -0.153. The van der Waals surface area contributed by atoms with Crippen LogP contribution in [-0.4, -0.2) is 17.2 Å². The molecule has 0 aromatic heterocycles. The Morgan fingerprint density at radius 2 is 1.73 bits per heavy atom. The lowest BCUT2D eigenvalue weighted by Gasteiger charge is -2.17. The van der Waals surface area contributed by atoms with Gasteiger partial charge in [-0.15, -0.1) is 0 Å². The van der Waals surface area contributed by atoms with Crippen molar-refractivity contribution in [2.24, 2.45) is 5.92 Å². The minimum atomic E-state index is -0.602. The maximum atomic E-state index is 11.9. The largest absolute Gasteiger partial charge is 0.461 e. The van der Waals surface area contributed by atoms with Gasteiger partial charge in [-0.1, -0.05) is 75.8 Å². The molecule has 0 aliphatic heterocycles. The Morgan fingerprint density at radius 3 is 2.41 bits per heavy atom. The molecule has 124 valence electrons. The standard InChI is InChI=1S/C19H30O3/c1-3-4-5-6-7-11-14-18(20)16(2)19(21)22-15-17-12-9-8-10-13-17/h8-10,12-13,16,18,20H,3-7,11,14-15H2,1-2H3/t16-,18+/m1/s1. The fraction of sp³-hybridized carbons (Fsp3) is 0.632. The van der Waals surface area contributed by atoms with Crippen LogP contribution in [-0.2, 0) is 16.1 Å². The first-order chi connectivity index (χ1) is 10.6. The predicted molar refractivity (Wildman–Crippen MR) is 89.4 cm³/mol. The molecule has 0 fully saturated rings. The molecule has 0 unspecified atom stereocenters. The quantitative estimate of drug-likeness (QED) is 0.484. The molecule has 2 atom stereocenters. The van der Waals surface area contributed by atoms with Crippen molar-refractivity contribution >= 4 is 5.97 Å². The molecule has 22 heavy (non-hydrogen) atoms. The number of aliphatic hydroxyl groups excluding tert-OH is 1. The molecule has 3 heteroatoms. The molecule has 3 nitrogen and oxygen atoms in total. The Hall–Kier alpha value is -1.35. The third-order valence-electron chi connectivity index (χ3n) is 4.03. The van der Waals surface area contributed by atoms with Gasteiger partial charge in [0.05, 0.1) is 12.0 Å². The van der Waals surface area contributed by atoms with Crippen molar-refractivity contribution in [2.45, 2.75) is 71.5 Å². The first-order valence-electron chi connectivity index (χ1n) is 8.53. The lowest BCUT2D eigenvalue weighted by atomic mass is 9.98. The number of carbonyl (C=O) groups excluding carboxylic acids is 1. The van der Waals surface area contributed by atoms with Crippen LogP contribution in [0.1, 0.15) is 64.4 Å². The Bertz CT molecular complexity index is 402. The fourth-order valence-electron chi connectivity index (χ4n) is 2.40. The smallest absolute Gasteiger partial charge is 0.311 e. The summed E-state index contributed by atoms with van der Waals surface area (Å²) in [4.78, 5) is 11.9. The predicted octanol–water partition coefficient (Wildman–Crippen LogP) is 4.48. The first kappa shape index (κ1) is 18.7. The molecule has 1 rings (SSSR count). The minimum Gasteiger partial charge on any atom is -0.461 e. The van der Waals surface area contributed by atoms with E-state index in [0.29, 0.717) is 6.42 Å². The van der Waals surface area contributed by atoms with Gasteiger partial charge < -0.3 is 9.84 Å². The molecule has 0 heterocycles. The summed E-state index contributed by atoms with van der Waals surface area (Å²) in [6.45, 7) is 4.22. The minimum absolute atomic E-state index is 0.272. The number of aliphatic hydroxyl groups is 1. The van der Waals surface area contributed by atoms with E-state index in [1.807, 2.05) is 30.3 Å². The number of hydrogen-bond donors (Lipinski definition) is 1. The monoisotopic (exact) mass is 306 g/mol. The van der Waals surface area contributed by atoms with Crippen LogP contribution >= 0.6 is 0 Å².